The van der Waals surface area contributed by atoms with E-state index in [1.165, 1.54) is 7.11 Å². The Balaban J connectivity index is 1.78. The normalized spacial score (nSPS) is 22.5. The highest BCUT2D eigenvalue weighted by Crippen LogP contribution is 2.41. The molecule has 1 aromatic carbocycles. The molecule has 0 N–H and O–H groups in total. The summed E-state index contributed by atoms with van der Waals surface area (Å²) in [5.41, 5.74) is 2.12. The maximum atomic E-state index is 11.3. The van der Waals surface area contributed by atoms with Crippen LogP contribution in [0.3, 0.4) is 0 Å². The van der Waals surface area contributed by atoms with Crippen LogP contribution >= 0.6 is 0 Å². The molecule has 3 rings (SSSR count). The molecule has 1 aromatic heterocycles. The maximum Gasteiger partial charge on any atom is 0.308 e. The highest BCUT2D eigenvalue weighted by Gasteiger charge is 2.36. The van der Waals surface area contributed by atoms with Crippen molar-refractivity contribution in [3.05, 3.63) is 42.1 Å². The summed E-state index contributed by atoms with van der Waals surface area (Å²) in [7, 11) is 1.45. The summed E-state index contributed by atoms with van der Waals surface area (Å²) in [6.45, 7) is 0. The lowest BCUT2D eigenvalue weighted by atomic mass is 9.73. The molecule has 0 unspecified atom stereocenters. The summed E-state index contributed by atoms with van der Waals surface area (Å²) in [4.78, 5) is 16.0. The monoisotopic (exact) mass is 241 g/mol. The number of nitrogens with zero attached hydrogens (tertiary/aromatic N) is 1. The lowest BCUT2D eigenvalue weighted by molar-refractivity contribution is -0.148. The zero-order valence-electron chi connectivity index (χ0n) is 10.3. The zero-order valence-corrected chi connectivity index (χ0v) is 10.3. The molecule has 0 aliphatic heterocycles. The molecule has 0 saturated heterocycles. The molecule has 0 spiro atoms. The second kappa shape index (κ2) is 4.41. The zero-order chi connectivity index (χ0) is 12.5. The Morgan fingerprint density at radius 1 is 1.22 bits per heavy atom. The van der Waals surface area contributed by atoms with Crippen molar-refractivity contribution in [1.29, 1.82) is 0 Å². The van der Waals surface area contributed by atoms with Crippen LogP contribution in [-0.4, -0.2) is 18.1 Å². The molecular formula is C15H15NO2. The third-order valence-corrected chi connectivity index (χ3v) is 3.71. The summed E-state index contributed by atoms with van der Waals surface area (Å²) in [5, 5.41) is 1.16. The van der Waals surface area contributed by atoms with Crippen LogP contribution < -0.4 is 0 Å². The molecule has 3 heteroatoms. The molecule has 92 valence electrons. The quantitative estimate of drug-likeness (QED) is 0.759. The minimum absolute atomic E-state index is 0.0632. The molecular weight excluding hydrogens is 226 g/mol. The van der Waals surface area contributed by atoms with E-state index in [0.29, 0.717) is 5.92 Å². The van der Waals surface area contributed by atoms with Gasteiger partial charge in [-0.05, 0) is 25.0 Å². The van der Waals surface area contributed by atoms with Gasteiger partial charge in [-0.1, -0.05) is 24.3 Å². The van der Waals surface area contributed by atoms with Gasteiger partial charge in [0.05, 0.1) is 18.5 Å². The number of pyridine rings is 1. The van der Waals surface area contributed by atoms with Crippen molar-refractivity contribution < 1.29 is 9.53 Å². The van der Waals surface area contributed by atoms with E-state index < -0.39 is 0 Å². The second-order valence-corrected chi connectivity index (χ2v) is 4.82. The molecule has 18 heavy (non-hydrogen) atoms. The number of ether oxygens (including phenoxy) is 1. The fourth-order valence-electron chi connectivity index (χ4n) is 2.53. The van der Waals surface area contributed by atoms with Crippen LogP contribution in [0.15, 0.2) is 36.4 Å². The van der Waals surface area contributed by atoms with Crippen LogP contribution in [0.2, 0.25) is 0 Å². The van der Waals surface area contributed by atoms with Crippen molar-refractivity contribution in [2.24, 2.45) is 5.92 Å². The largest absolute Gasteiger partial charge is 0.469 e. The summed E-state index contributed by atoms with van der Waals surface area (Å²) in [6, 6.07) is 12.3. The molecule has 3 nitrogen and oxygen atoms in total. The first-order valence-electron chi connectivity index (χ1n) is 6.21. The SMILES string of the molecule is COC(=O)C1CC(c2ccc3ccccc3n2)C1. The van der Waals surface area contributed by atoms with Gasteiger partial charge in [0.2, 0.25) is 0 Å². The average Bonchev–Trinajstić information content (AvgIpc) is 2.36. The molecule has 0 bridgehead atoms. The van der Waals surface area contributed by atoms with E-state index in [1.807, 2.05) is 18.2 Å². The van der Waals surface area contributed by atoms with Gasteiger partial charge in [0.25, 0.3) is 0 Å². The number of methoxy groups -OCH3 is 1. The minimum Gasteiger partial charge on any atom is -0.469 e. The number of carbonyl (C=O) groups is 1. The number of hydrogen-bond donors (Lipinski definition) is 0. The number of aromatic nitrogens is 1. The number of carbonyl (C=O) groups excluding carboxylic acids is 1. The predicted octanol–water partition coefficient (Wildman–Crippen LogP) is 2.90. The molecule has 1 heterocycles. The van der Waals surface area contributed by atoms with Crippen molar-refractivity contribution in [3.8, 4) is 0 Å². The Kier molecular flexibility index (Phi) is 2.74. The fourth-order valence-corrected chi connectivity index (χ4v) is 2.53. The smallest absolute Gasteiger partial charge is 0.308 e. The van der Waals surface area contributed by atoms with Crippen LogP contribution in [0.4, 0.5) is 0 Å². The van der Waals surface area contributed by atoms with Gasteiger partial charge in [-0.2, -0.15) is 0 Å². The molecule has 0 amide bonds. The van der Waals surface area contributed by atoms with Gasteiger partial charge in [0.15, 0.2) is 0 Å². The lowest BCUT2D eigenvalue weighted by Gasteiger charge is -2.32. The van der Waals surface area contributed by atoms with Crippen molar-refractivity contribution >= 4 is 16.9 Å². The van der Waals surface area contributed by atoms with Crippen molar-refractivity contribution in [2.45, 2.75) is 18.8 Å². The first-order chi connectivity index (χ1) is 8.78. The number of benzene rings is 1. The molecule has 0 radical (unpaired) electrons. The van der Waals surface area contributed by atoms with E-state index in [2.05, 4.69) is 23.2 Å². The summed E-state index contributed by atoms with van der Waals surface area (Å²) in [6.07, 6.45) is 1.72. The Hall–Kier alpha value is -1.90. The molecule has 0 atom stereocenters. The Bertz CT molecular complexity index is 588. The molecule has 1 aliphatic rings. The van der Waals surface area contributed by atoms with Crippen LogP contribution in [0.25, 0.3) is 10.9 Å². The van der Waals surface area contributed by atoms with Crippen molar-refractivity contribution in [3.63, 3.8) is 0 Å². The molecule has 1 saturated carbocycles. The lowest BCUT2D eigenvalue weighted by Crippen LogP contribution is -2.30. The minimum atomic E-state index is -0.0907. The van der Waals surface area contributed by atoms with Gasteiger partial charge < -0.3 is 4.74 Å². The predicted molar refractivity (Wildman–Crippen MR) is 69.2 cm³/mol. The van der Waals surface area contributed by atoms with E-state index in [-0.39, 0.29) is 11.9 Å². The highest BCUT2D eigenvalue weighted by atomic mass is 16.5. The third-order valence-electron chi connectivity index (χ3n) is 3.71. The van der Waals surface area contributed by atoms with E-state index in [0.717, 1.165) is 29.4 Å². The topological polar surface area (TPSA) is 39.2 Å². The Morgan fingerprint density at radius 2 is 2.00 bits per heavy atom. The third kappa shape index (κ3) is 1.86. The van der Waals surface area contributed by atoms with E-state index >= 15 is 0 Å². The highest BCUT2D eigenvalue weighted by molar-refractivity contribution is 5.78. The van der Waals surface area contributed by atoms with Gasteiger partial charge in [-0.15, -0.1) is 0 Å². The standard InChI is InChI=1S/C15H15NO2/c1-18-15(17)12-8-11(9-12)14-7-6-10-4-2-3-5-13(10)16-14/h2-7,11-12H,8-9H2,1H3. The number of esters is 1. The van der Waals surface area contributed by atoms with Crippen molar-refractivity contribution in [2.75, 3.05) is 7.11 Å². The number of rotatable bonds is 2. The van der Waals surface area contributed by atoms with Crippen molar-refractivity contribution in [1.82, 2.24) is 4.98 Å². The van der Waals surface area contributed by atoms with Crippen LogP contribution in [0.5, 0.6) is 0 Å². The number of para-hydroxylation sites is 1. The van der Waals surface area contributed by atoms with Crippen LogP contribution in [-0.2, 0) is 9.53 Å². The molecule has 1 fully saturated rings. The number of hydrogen-bond acceptors (Lipinski definition) is 3. The first-order valence-corrected chi connectivity index (χ1v) is 6.21. The van der Waals surface area contributed by atoms with Gasteiger partial charge in [0.1, 0.15) is 0 Å². The van der Waals surface area contributed by atoms with E-state index in [4.69, 9.17) is 4.74 Å². The average molecular weight is 241 g/mol. The maximum absolute atomic E-state index is 11.3. The fraction of sp³-hybridized carbons (Fsp3) is 0.333. The van der Waals surface area contributed by atoms with Gasteiger partial charge in [-0.3, -0.25) is 9.78 Å². The molecule has 1 aliphatic carbocycles. The Morgan fingerprint density at radius 3 is 2.78 bits per heavy atom. The van der Waals surface area contributed by atoms with Crippen LogP contribution in [0.1, 0.15) is 24.5 Å². The second-order valence-electron chi connectivity index (χ2n) is 4.82. The van der Waals surface area contributed by atoms with Gasteiger partial charge in [0, 0.05) is 17.0 Å². The number of fused-ring (bicyclic) bond motifs is 1. The van der Waals surface area contributed by atoms with Gasteiger partial charge >= 0.3 is 5.97 Å². The van der Waals surface area contributed by atoms with E-state index in [1.54, 1.807) is 0 Å². The summed E-state index contributed by atoms with van der Waals surface area (Å²) < 4.78 is 4.75. The molecule has 2 aromatic rings. The Labute approximate surface area is 106 Å². The first kappa shape index (κ1) is 11.2. The summed E-state index contributed by atoms with van der Waals surface area (Å²) >= 11 is 0. The van der Waals surface area contributed by atoms with E-state index in [9.17, 15) is 4.79 Å². The summed E-state index contributed by atoms with van der Waals surface area (Å²) in [5.74, 6) is 0.374. The van der Waals surface area contributed by atoms with Crippen LogP contribution in [0, 0.1) is 5.92 Å². The van der Waals surface area contributed by atoms with Gasteiger partial charge in [-0.25, -0.2) is 0 Å².